The fraction of sp³-hybridized carbons (Fsp3) is 0.238. The van der Waals surface area contributed by atoms with Gasteiger partial charge in [0.1, 0.15) is 5.75 Å². The number of aliphatic imine (C=N–C) groups is 1. The van der Waals surface area contributed by atoms with E-state index in [9.17, 15) is 0 Å². The fourth-order valence-corrected chi connectivity index (χ4v) is 2.59. The van der Waals surface area contributed by atoms with Crippen LogP contribution in [-0.4, -0.2) is 22.4 Å². The molecule has 0 N–H and O–H groups in total. The van der Waals surface area contributed by atoms with Crippen molar-refractivity contribution in [3.8, 4) is 5.75 Å². The minimum absolute atomic E-state index is 0.678. The molecular weight excluding hydrogens is 310 g/mol. The first-order valence-electron chi connectivity index (χ1n) is 8.65. The summed E-state index contributed by atoms with van der Waals surface area (Å²) < 4.78 is 7.74. The molecule has 4 heteroatoms. The highest BCUT2D eigenvalue weighted by molar-refractivity contribution is 5.83. The SMILES string of the molecule is C=CCn1c(N=Cc2ccc(OCCCC)cc2)nc2ccccc21. The van der Waals surface area contributed by atoms with Crippen molar-refractivity contribution < 1.29 is 4.74 Å². The van der Waals surface area contributed by atoms with Gasteiger partial charge in [-0.1, -0.05) is 31.6 Å². The molecule has 0 aliphatic heterocycles. The number of aromatic nitrogens is 2. The van der Waals surface area contributed by atoms with Crippen LogP contribution in [-0.2, 0) is 6.54 Å². The van der Waals surface area contributed by atoms with Crippen LogP contribution in [0.5, 0.6) is 5.75 Å². The highest BCUT2D eigenvalue weighted by Gasteiger charge is 2.07. The van der Waals surface area contributed by atoms with Crippen molar-refractivity contribution in [2.24, 2.45) is 4.99 Å². The molecule has 0 spiro atoms. The van der Waals surface area contributed by atoms with E-state index in [0.29, 0.717) is 12.5 Å². The zero-order valence-corrected chi connectivity index (χ0v) is 14.6. The number of nitrogens with zero attached hydrogens (tertiary/aromatic N) is 3. The Kier molecular flexibility index (Phi) is 5.62. The van der Waals surface area contributed by atoms with E-state index in [2.05, 4.69) is 28.0 Å². The van der Waals surface area contributed by atoms with E-state index in [1.165, 1.54) is 0 Å². The average Bonchev–Trinajstić information content (AvgIpc) is 2.99. The van der Waals surface area contributed by atoms with Crippen LogP contribution < -0.4 is 4.74 Å². The summed E-state index contributed by atoms with van der Waals surface area (Å²) in [7, 11) is 0. The second-order valence-corrected chi connectivity index (χ2v) is 5.83. The van der Waals surface area contributed by atoms with Crippen LogP contribution in [0.2, 0.25) is 0 Å². The first-order valence-corrected chi connectivity index (χ1v) is 8.65. The number of ether oxygens (including phenoxy) is 1. The Balaban J connectivity index is 1.78. The number of unbranched alkanes of at least 4 members (excludes halogenated alkanes) is 1. The predicted octanol–water partition coefficient (Wildman–Crippen LogP) is 5.15. The van der Waals surface area contributed by atoms with Crippen molar-refractivity contribution in [3.05, 3.63) is 66.7 Å². The summed E-state index contributed by atoms with van der Waals surface area (Å²) in [5.74, 6) is 1.58. The number of imidazole rings is 1. The van der Waals surface area contributed by atoms with Crippen LogP contribution in [0.25, 0.3) is 11.0 Å². The lowest BCUT2D eigenvalue weighted by Gasteiger charge is -2.05. The minimum Gasteiger partial charge on any atom is -0.494 e. The maximum atomic E-state index is 5.68. The van der Waals surface area contributed by atoms with Crippen LogP contribution in [0, 0.1) is 0 Å². The molecule has 1 heterocycles. The molecule has 1 aromatic heterocycles. The van der Waals surface area contributed by atoms with E-state index in [1.807, 2.05) is 60.8 Å². The van der Waals surface area contributed by atoms with Crippen molar-refractivity contribution in [2.75, 3.05) is 6.61 Å². The average molecular weight is 333 g/mol. The minimum atomic E-state index is 0.678. The van der Waals surface area contributed by atoms with E-state index in [-0.39, 0.29) is 0 Å². The van der Waals surface area contributed by atoms with Crippen LogP contribution in [0.3, 0.4) is 0 Å². The Morgan fingerprint density at radius 2 is 1.96 bits per heavy atom. The highest BCUT2D eigenvalue weighted by Crippen LogP contribution is 2.22. The topological polar surface area (TPSA) is 39.4 Å². The zero-order chi connectivity index (χ0) is 17.5. The van der Waals surface area contributed by atoms with Crippen molar-refractivity contribution in [2.45, 2.75) is 26.3 Å². The molecule has 0 saturated carbocycles. The lowest BCUT2D eigenvalue weighted by atomic mass is 10.2. The highest BCUT2D eigenvalue weighted by atomic mass is 16.5. The van der Waals surface area contributed by atoms with E-state index >= 15 is 0 Å². The van der Waals surface area contributed by atoms with Gasteiger partial charge in [0.05, 0.1) is 17.6 Å². The lowest BCUT2D eigenvalue weighted by Crippen LogP contribution is -1.96. The number of benzene rings is 2. The van der Waals surface area contributed by atoms with Crippen LogP contribution in [0.4, 0.5) is 5.95 Å². The molecule has 0 amide bonds. The van der Waals surface area contributed by atoms with Crippen molar-refractivity contribution >= 4 is 23.2 Å². The van der Waals surface area contributed by atoms with E-state index in [4.69, 9.17) is 4.74 Å². The largest absolute Gasteiger partial charge is 0.494 e. The molecule has 0 atom stereocenters. The van der Waals surface area contributed by atoms with Crippen LogP contribution in [0.1, 0.15) is 25.3 Å². The van der Waals surface area contributed by atoms with Gasteiger partial charge >= 0.3 is 0 Å². The molecular formula is C21H23N3O. The van der Waals surface area contributed by atoms with Gasteiger partial charge in [-0.3, -0.25) is 0 Å². The number of fused-ring (bicyclic) bond motifs is 1. The second-order valence-electron chi connectivity index (χ2n) is 5.83. The summed E-state index contributed by atoms with van der Waals surface area (Å²) in [6, 6.07) is 16.0. The first-order chi connectivity index (χ1) is 12.3. The molecule has 0 saturated heterocycles. The van der Waals surface area contributed by atoms with Crippen LogP contribution in [0.15, 0.2) is 66.2 Å². The maximum Gasteiger partial charge on any atom is 0.230 e. The summed E-state index contributed by atoms with van der Waals surface area (Å²) >= 11 is 0. The molecule has 0 bridgehead atoms. The Morgan fingerprint density at radius 3 is 2.72 bits per heavy atom. The number of para-hydroxylation sites is 2. The summed E-state index contributed by atoms with van der Waals surface area (Å²) in [6.07, 6.45) is 5.89. The number of hydrogen-bond acceptors (Lipinski definition) is 3. The van der Waals surface area contributed by atoms with E-state index in [0.717, 1.165) is 41.8 Å². The van der Waals surface area contributed by atoms with Crippen LogP contribution >= 0.6 is 0 Å². The molecule has 3 rings (SSSR count). The van der Waals surface area contributed by atoms with Crippen molar-refractivity contribution in [3.63, 3.8) is 0 Å². The summed E-state index contributed by atoms with van der Waals surface area (Å²) in [4.78, 5) is 9.18. The molecule has 0 aliphatic carbocycles. The summed E-state index contributed by atoms with van der Waals surface area (Å²) in [6.45, 7) is 7.42. The van der Waals surface area contributed by atoms with Crippen molar-refractivity contribution in [1.29, 1.82) is 0 Å². The Bertz CT molecular complexity index is 862. The van der Waals surface area contributed by atoms with Gasteiger partial charge in [0.15, 0.2) is 0 Å². The van der Waals surface area contributed by atoms with Gasteiger partial charge in [-0.25, -0.2) is 9.98 Å². The lowest BCUT2D eigenvalue weighted by molar-refractivity contribution is 0.309. The van der Waals surface area contributed by atoms with E-state index in [1.54, 1.807) is 0 Å². The summed E-state index contributed by atoms with van der Waals surface area (Å²) in [5, 5.41) is 0. The molecule has 25 heavy (non-hydrogen) atoms. The van der Waals surface area contributed by atoms with Gasteiger partial charge in [-0.05, 0) is 48.4 Å². The zero-order valence-electron chi connectivity index (χ0n) is 14.6. The maximum absolute atomic E-state index is 5.68. The molecule has 3 aromatic rings. The molecule has 0 unspecified atom stereocenters. The predicted molar refractivity (Wildman–Crippen MR) is 104 cm³/mol. The summed E-state index contributed by atoms with van der Waals surface area (Å²) in [5.41, 5.74) is 3.02. The van der Waals surface area contributed by atoms with Crippen molar-refractivity contribution in [1.82, 2.24) is 9.55 Å². The Hall–Kier alpha value is -2.88. The van der Waals surface area contributed by atoms with Gasteiger partial charge in [-0.15, -0.1) is 6.58 Å². The fourth-order valence-electron chi connectivity index (χ4n) is 2.59. The second kappa shape index (κ2) is 8.29. The molecule has 0 aliphatic rings. The molecule has 4 nitrogen and oxygen atoms in total. The normalized spacial score (nSPS) is 11.2. The number of hydrogen-bond donors (Lipinski definition) is 0. The molecule has 128 valence electrons. The third-order valence-corrected chi connectivity index (χ3v) is 3.92. The van der Waals surface area contributed by atoms with Gasteiger partial charge < -0.3 is 9.30 Å². The third-order valence-electron chi connectivity index (χ3n) is 3.92. The third kappa shape index (κ3) is 4.15. The van der Waals surface area contributed by atoms with Gasteiger partial charge in [-0.2, -0.15) is 0 Å². The Labute approximate surface area is 148 Å². The van der Waals surface area contributed by atoms with E-state index < -0.39 is 0 Å². The van der Waals surface area contributed by atoms with Gasteiger partial charge in [0, 0.05) is 12.8 Å². The smallest absolute Gasteiger partial charge is 0.230 e. The first kappa shape index (κ1) is 17.0. The molecule has 0 fully saturated rings. The van der Waals surface area contributed by atoms with Gasteiger partial charge in [0.2, 0.25) is 5.95 Å². The molecule has 2 aromatic carbocycles. The number of rotatable bonds is 8. The Morgan fingerprint density at radius 1 is 1.16 bits per heavy atom. The molecule has 0 radical (unpaired) electrons. The van der Waals surface area contributed by atoms with Gasteiger partial charge in [0.25, 0.3) is 0 Å². The quantitative estimate of drug-likeness (QED) is 0.325. The number of allylic oxidation sites excluding steroid dienone is 1. The standard InChI is InChI=1S/C21H23N3O/c1-3-5-15-25-18-12-10-17(11-13-18)16-22-21-23-19-8-6-7-9-20(19)24(21)14-4-2/h4,6-13,16H,2-3,5,14-15H2,1H3. The monoisotopic (exact) mass is 333 g/mol.